The standard InChI is InChI=1S/C15H21ClN2O2S/c1-17(2)21(19,20)15-6-4-3-5-14(15)18-12-7-8-13(18)10-11(16)9-12/h3-6,11-13H,7-10H2,1-2H3. The number of hydrogen-bond donors (Lipinski definition) is 0. The van der Waals surface area contributed by atoms with Gasteiger partial charge in [-0.1, -0.05) is 12.1 Å². The highest BCUT2D eigenvalue weighted by molar-refractivity contribution is 7.89. The fourth-order valence-electron chi connectivity index (χ4n) is 3.59. The summed E-state index contributed by atoms with van der Waals surface area (Å²) in [5, 5.41) is 0.219. The molecule has 0 saturated carbocycles. The predicted octanol–water partition coefficient (Wildman–Crippen LogP) is 2.68. The first kappa shape index (κ1) is 15.1. The Morgan fingerprint density at radius 1 is 1.14 bits per heavy atom. The SMILES string of the molecule is CN(C)S(=O)(=O)c1ccccc1N1C2CCC1CC(Cl)C2. The van der Waals surface area contributed by atoms with E-state index in [0.717, 1.165) is 31.4 Å². The number of benzene rings is 1. The lowest BCUT2D eigenvalue weighted by atomic mass is 10.0. The van der Waals surface area contributed by atoms with Crippen LogP contribution in [0, 0.1) is 0 Å². The third kappa shape index (κ3) is 2.56. The minimum absolute atomic E-state index is 0.219. The first-order valence-corrected chi connectivity index (χ1v) is 9.23. The van der Waals surface area contributed by atoms with Gasteiger partial charge in [0.05, 0.1) is 5.69 Å². The van der Waals surface area contributed by atoms with E-state index in [1.54, 1.807) is 26.2 Å². The number of fused-ring (bicyclic) bond motifs is 2. The average Bonchev–Trinajstić information content (AvgIpc) is 2.70. The Labute approximate surface area is 131 Å². The molecule has 2 atom stereocenters. The van der Waals surface area contributed by atoms with Gasteiger partial charge in [-0.2, -0.15) is 0 Å². The zero-order valence-electron chi connectivity index (χ0n) is 12.4. The summed E-state index contributed by atoms with van der Waals surface area (Å²) in [4.78, 5) is 2.70. The minimum atomic E-state index is -3.43. The van der Waals surface area contributed by atoms with Crippen LogP contribution in [0.15, 0.2) is 29.2 Å². The third-order valence-electron chi connectivity index (χ3n) is 4.58. The van der Waals surface area contributed by atoms with Gasteiger partial charge in [0, 0.05) is 31.6 Å². The molecule has 0 spiro atoms. The topological polar surface area (TPSA) is 40.6 Å². The van der Waals surface area contributed by atoms with Crippen molar-refractivity contribution in [3.8, 4) is 0 Å². The van der Waals surface area contributed by atoms with Crippen molar-refractivity contribution in [2.75, 3.05) is 19.0 Å². The molecule has 0 amide bonds. The van der Waals surface area contributed by atoms with Crippen LogP contribution in [0.3, 0.4) is 0 Å². The van der Waals surface area contributed by atoms with E-state index in [1.807, 2.05) is 12.1 Å². The molecule has 2 fully saturated rings. The molecule has 2 aliphatic rings. The number of anilines is 1. The Bertz CT molecular complexity index is 618. The van der Waals surface area contributed by atoms with Crippen LogP contribution in [-0.4, -0.2) is 44.3 Å². The van der Waals surface area contributed by atoms with Gasteiger partial charge in [0.1, 0.15) is 4.90 Å². The van der Waals surface area contributed by atoms with Gasteiger partial charge in [-0.15, -0.1) is 11.6 Å². The van der Waals surface area contributed by atoms with Gasteiger partial charge in [0.2, 0.25) is 10.0 Å². The van der Waals surface area contributed by atoms with Crippen molar-refractivity contribution in [3.05, 3.63) is 24.3 Å². The van der Waals surface area contributed by atoms with E-state index < -0.39 is 10.0 Å². The molecular formula is C15H21ClN2O2S. The van der Waals surface area contributed by atoms with E-state index in [4.69, 9.17) is 11.6 Å². The Morgan fingerprint density at radius 3 is 2.29 bits per heavy atom. The number of alkyl halides is 1. The Balaban J connectivity index is 2.05. The van der Waals surface area contributed by atoms with Crippen LogP contribution in [0.1, 0.15) is 25.7 Å². The van der Waals surface area contributed by atoms with E-state index in [-0.39, 0.29) is 5.38 Å². The number of nitrogens with zero attached hydrogens (tertiary/aromatic N) is 2. The van der Waals surface area contributed by atoms with Crippen LogP contribution in [0.2, 0.25) is 0 Å². The highest BCUT2D eigenvalue weighted by atomic mass is 35.5. The molecule has 0 aromatic heterocycles. The van der Waals surface area contributed by atoms with Gasteiger partial charge >= 0.3 is 0 Å². The molecule has 2 saturated heterocycles. The van der Waals surface area contributed by atoms with Crippen molar-refractivity contribution < 1.29 is 8.42 Å². The van der Waals surface area contributed by atoms with Crippen LogP contribution in [0.5, 0.6) is 0 Å². The second-order valence-corrected chi connectivity index (χ2v) is 8.85. The summed E-state index contributed by atoms with van der Waals surface area (Å²) in [5.41, 5.74) is 0.835. The number of rotatable bonds is 3. The first-order chi connectivity index (χ1) is 9.91. The molecule has 2 heterocycles. The summed E-state index contributed by atoms with van der Waals surface area (Å²) in [7, 11) is -0.281. The van der Waals surface area contributed by atoms with Crippen LogP contribution < -0.4 is 4.90 Å². The molecular weight excluding hydrogens is 308 g/mol. The van der Waals surface area contributed by atoms with E-state index in [1.165, 1.54) is 4.31 Å². The molecule has 0 N–H and O–H groups in total. The van der Waals surface area contributed by atoms with Crippen LogP contribution in [0.4, 0.5) is 5.69 Å². The number of piperidine rings is 1. The van der Waals surface area contributed by atoms with Crippen molar-refractivity contribution >= 4 is 27.3 Å². The fourth-order valence-corrected chi connectivity index (χ4v) is 5.08. The Kier molecular flexibility index (Phi) is 3.93. The number of hydrogen-bond acceptors (Lipinski definition) is 3. The smallest absolute Gasteiger partial charge is 0.244 e. The highest BCUT2D eigenvalue weighted by Gasteiger charge is 2.41. The largest absolute Gasteiger partial charge is 0.364 e. The van der Waals surface area contributed by atoms with Crippen LogP contribution in [-0.2, 0) is 10.0 Å². The highest BCUT2D eigenvalue weighted by Crippen LogP contribution is 2.43. The zero-order chi connectivity index (χ0) is 15.2. The third-order valence-corrected chi connectivity index (χ3v) is 6.80. The second kappa shape index (κ2) is 5.45. The van der Waals surface area contributed by atoms with Gasteiger partial charge < -0.3 is 4.90 Å². The molecule has 2 bridgehead atoms. The summed E-state index contributed by atoms with van der Waals surface area (Å²) in [5.74, 6) is 0. The lowest BCUT2D eigenvalue weighted by Gasteiger charge is -2.39. The summed E-state index contributed by atoms with van der Waals surface area (Å²) in [6, 6.07) is 8.06. The van der Waals surface area contributed by atoms with Gasteiger partial charge in [-0.3, -0.25) is 0 Å². The molecule has 6 heteroatoms. The molecule has 2 aliphatic heterocycles. The molecule has 2 unspecified atom stereocenters. The summed E-state index contributed by atoms with van der Waals surface area (Å²) in [6.07, 6.45) is 4.08. The van der Waals surface area contributed by atoms with Crippen LogP contribution >= 0.6 is 11.6 Å². The minimum Gasteiger partial charge on any atom is -0.364 e. The fraction of sp³-hybridized carbons (Fsp3) is 0.600. The zero-order valence-corrected chi connectivity index (χ0v) is 13.9. The Morgan fingerprint density at radius 2 is 1.71 bits per heavy atom. The van der Waals surface area contributed by atoms with E-state index in [0.29, 0.717) is 17.0 Å². The molecule has 4 nitrogen and oxygen atoms in total. The summed E-state index contributed by atoms with van der Waals surface area (Å²) < 4.78 is 26.4. The van der Waals surface area contributed by atoms with E-state index in [2.05, 4.69) is 4.90 Å². The van der Waals surface area contributed by atoms with Gasteiger partial charge in [0.25, 0.3) is 0 Å². The number of sulfonamides is 1. The van der Waals surface area contributed by atoms with E-state index in [9.17, 15) is 8.42 Å². The number of para-hydroxylation sites is 1. The molecule has 1 aromatic rings. The quantitative estimate of drug-likeness (QED) is 0.801. The van der Waals surface area contributed by atoms with E-state index >= 15 is 0 Å². The molecule has 21 heavy (non-hydrogen) atoms. The maximum Gasteiger partial charge on any atom is 0.244 e. The lowest BCUT2D eigenvalue weighted by Crippen LogP contribution is -2.44. The number of halogens is 1. The van der Waals surface area contributed by atoms with Crippen molar-refractivity contribution in [2.45, 2.75) is 48.0 Å². The normalized spacial score (nSPS) is 29.1. The second-order valence-electron chi connectivity index (χ2n) is 6.12. The van der Waals surface area contributed by atoms with Crippen molar-refractivity contribution in [3.63, 3.8) is 0 Å². The average molecular weight is 329 g/mol. The van der Waals surface area contributed by atoms with Gasteiger partial charge in [-0.25, -0.2) is 12.7 Å². The molecule has 116 valence electrons. The maximum absolute atomic E-state index is 12.6. The van der Waals surface area contributed by atoms with Crippen molar-refractivity contribution in [1.82, 2.24) is 4.31 Å². The monoisotopic (exact) mass is 328 g/mol. The first-order valence-electron chi connectivity index (χ1n) is 7.35. The molecule has 3 rings (SSSR count). The molecule has 0 aliphatic carbocycles. The molecule has 1 aromatic carbocycles. The molecule has 0 radical (unpaired) electrons. The van der Waals surface area contributed by atoms with Gasteiger partial charge in [0.15, 0.2) is 0 Å². The van der Waals surface area contributed by atoms with Crippen molar-refractivity contribution in [1.29, 1.82) is 0 Å². The summed E-state index contributed by atoms with van der Waals surface area (Å²) >= 11 is 6.33. The predicted molar refractivity (Wildman–Crippen MR) is 85.5 cm³/mol. The summed E-state index contributed by atoms with van der Waals surface area (Å²) in [6.45, 7) is 0. The van der Waals surface area contributed by atoms with Crippen molar-refractivity contribution in [2.24, 2.45) is 0 Å². The van der Waals surface area contributed by atoms with Crippen LogP contribution in [0.25, 0.3) is 0 Å². The van der Waals surface area contributed by atoms with Gasteiger partial charge in [-0.05, 0) is 37.8 Å². The lowest BCUT2D eigenvalue weighted by molar-refractivity contribution is 0.470. The maximum atomic E-state index is 12.6. The Hall–Kier alpha value is -0.780.